The fraction of sp³-hybridized carbons (Fsp3) is 0. The topological polar surface area (TPSA) is 114 Å². The lowest BCUT2D eigenvalue weighted by molar-refractivity contribution is 0.601. The maximum Gasteiger partial charge on any atom is 0.261 e. The molecule has 1 aromatic heterocycles. The van der Waals surface area contributed by atoms with Crippen molar-refractivity contribution in [2.75, 3.05) is 10.5 Å². The summed E-state index contributed by atoms with van der Waals surface area (Å²) in [6.07, 6.45) is 1.21. The summed E-state index contributed by atoms with van der Waals surface area (Å²) in [7, 11) is -4.02. The quantitative estimate of drug-likeness (QED) is 0.580. The van der Waals surface area contributed by atoms with Crippen molar-refractivity contribution in [2.24, 2.45) is 0 Å². The van der Waals surface area contributed by atoms with E-state index in [1.165, 1.54) is 30.6 Å². The molecule has 3 aromatic rings. The number of sulfonamides is 1. The van der Waals surface area contributed by atoms with Crippen LogP contribution in [0.3, 0.4) is 0 Å². The van der Waals surface area contributed by atoms with Gasteiger partial charge in [-0.15, -0.1) is 0 Å². The van der Waals surface area contributed by atoms with Crippen molar-refractivity contribution in [1.29, 1.82) is 0 Å². The molecule has 0 saturated heterocycles. The molecule has 0 spiro atoms. The second-order valence-electron chi connectivity index (χ2n) is 4.93. The second kappa shape index (κ2) is 6.51. The molecule has 0 aliphatic rings. The third-order valence-electron chi connectivity index (χ3n) is 3.25. The Balaban J connectivity index is 1.98. The molecule has 3 rings (SSSR count). The van der Waals surface area contributed by atoms with Crippen LogP contribution in [0.25, 0.3) is 11.4 Å². The molecule has 11 heteroatoms. The molecule has 0 saturated carbocycles. The highest BCUT2D eigenvalue weighted by molar-refractivity contribution is 7.92. The second-order valence-corrected chi connectivity index (χ2v) is 7.43. The molecule has 0 atom stereocenters. The molecule has 130 valence electrons. The van der Waals surface area contributed by atoms with Gasteiger partial charge in [-0.25, -0.2) is 17.8 Å². The van der Waals surface area contributed by atoms with E-state index in [0.717, 1.165) is 6.07 Å². The Kier molecular flexibility index (Phi) is 4.55. The molecule has 0 amide bonds. The van der Waals surface area contributed by atoms with Gasteiger partial charge in [-0.1, -0.05) is 23.2 Å². The van der Waals surface area contributed by atoms with Crippen LogP contribution >= 0.6 is 23.2 Å². The Hall–Kier alpha value is -2.36. The van der Waals surface area contributed by atoms with Gasteiger partial charge in [0.15, 0.2) is 5.82 Å². The molecule has 4 N–H and O–H groups in total. The Morgan fingerprint density at radius 3 is 2.44 bits per heavy atom. The first-order valence-corrected chi connectivity index (χ1v) is 8.94. The van der Waals surface area contributed by atoms with Gasteiger partial charge >= 0.3 is 0 Å². The lowest BCUT2D eigenvalue weighted by Gasteiger charge is -2.11. The van der Waals surface area contributed by atoms with E-state index in [1.54, 1.807) is 0 Å². The molecule has 7 nitrogen and oxygen atoms in total. The first-order valence-electron chi connectivity index (χ1n) is 6.70. The molecular formula is C14H10Cl2FN5O2S. The zero-order valence-corrected chi connectivity index (χ0v) is 14.6. The fourth-order valence-corrected chi connectivity index (χ4v) is 3.75. The minimum atomic E-state index is -4.02. The summed E-state index contributed by atoms with van der Waals surface area (Å²) in [6.45, 7) is 0. The third-order valence-corrected chi connectivity index (χ3v) is 5.24. The van der Waals surface area contributed by atoms with Crippen molar-refractivity contribution in [1.82, 2.24) is 15.2 Å². The number of H-pyrrole nitrogens is 1. The predicted molar refractivity (Wildman–Crippen MR) is 93.5 cm³/mol. The standard InChI is InChI=1S/C14H10Cl2FN5O2S/c15-10-4-8(5-11(16)13(10)18)25(23,24)22-7-1-2-12(17)9(3-7)14-19-6-20-21-14/h1-6,22H,18H2,(H,19,20,21). The molecule has 0 aliphatic heterocycles. The van der Waals surface area contributed by atoms with E-state index in [0.29, 0.717) is 0 Å². The molecule has 1 heterocycles. The summed E-state index contributed by atoms with van der Waals surface area (Å²) in [4.78, 5) is 3.66. The van der Waals surface area contributed by atoms with Gasteiger partial charge in [0.2, 0.25) is 0 Å². The maximum absolute atomic E-state index is 13.9. The molecule has 0 bridgehead atoms. The van der Waals surface area contributed by atoms with Crippen molar-refractivity contribution in [3.63, 3.8) is 0 Å². The molecule has 2 aromatic carbocycles. The van der Waals surface area contributed by atoms with E-state index in [2.05, 4.69) is 19.9 Å². The van der Waals surface area contributed by atoms with Crippen molar-refractivity contribution >= 4 is 44.6 Å². The lowest BCUT2D eigenvalue weighted by atomic mass is 10.2. The number of nitrogen functional groups attached to an aromatic ring is 1. The first kappa shape index (κ1) is 17.5. The molecule has 0 radical (unpaired) electrons. The van der Waals surface area contributed by atoms with Gasteiger partial charge in [0.05, 0.1) is 26.2 Å². The van der Waals surface area contributed by atoms with Crippen LogP contribution in [-0.2, 0) is 10.0 Å². The van der Waals surface area contributed by atoms with Crippen molar-refractivity contribution in [3.8, 4) is 11.4 Å². The monoisotopic (exact) mass is 401 g/mol. The number of aromatic nitrogens is 3. The Morgan fingerprint density at radius 2 is 1.84 bits per heavy atom. The normalized spacial score (nSPS) is 11.5. The highest BCUT2D eigenvalue weighted by Crippen LogP contribution is 2.32. The third kappa shape index (κ3) is 3.53. The number of rotatable bonds is 4. The SMILES string of the molecule is Nc1c(Cl)cc(S(=O)(=O)Nc2ccc(F)c(-c3ncn[nH]3)c2)cc1Cl. The number of halogens is 3. The van der Waals surface area contributed by atoms with Crippen LogP contribution in [0, 0.1) is 5.82 Å². The summed E-state index contributed by atoms with van der Waals surface area (Å²) in [5.41, 5.74) is 5.86. The predicted octanol–water partition coefficient (Wildman–Crippen LogP) is 3.30. The van der Waals surface area contributed by atoms with Gasteiger partial charge in [0.25, 0.3) is 10.0 Å². The zero-order chi connectivity index (χ0) is 18.2. The number of nitrogens with two attached hydrogens (primary N) is 1. The zero-order valence-electron chi connectivity index (χ0n) is 12.3. The number of hydrogen-bond donors (Lipinski definition) is 3. The molecule has 0 aliphatic carbocycles. The fourth-order valence-electron chi connectivity index (χ4n) is 2.04. The van der Waals surface area contributed by atoms with Gasteiger partial charge in [-0.3, -0.25) is 9.82 Å². The smallest absolute Gasteiger partial charge is 0.261 e. The highest BCUT2D eigenvalue weighted by atomic mass is 35.5. The summed E-state index contributed by atoms with van der Waals surface area (Å²) in [5, 5.41) is 6.16. The van der Waals surface area contributed by atoms with Crippen LogP contribution in [0.1, 0.15) is 0 Å². The van der Waals surface area contributed by atoms with Crippen LogP contribution < -0.4 is 10.5 Å². The number of hydrogen-bond acceptors (Lipinski definition) is 5. The van der Waals surface area contributed by atoms with E-state index < -0.39 is 15.8 Å². The van der Waals surface area contributed by atoms with Crippen molar-refractivity contribution < 1.29 is 12.8 Å². The lowest BCUT2D eigenvalue weighted by Crippen LogP contribution is -2.13. The Bertz CT molecular complexity index is 1020. The average Bonchev–Trinajstić information content (AvgIpc) is 3.08. The van der Waals surface area contributed by atoms with Gasteiger partial charge < -0.3 is 5.73 Å². The molecule has 0 fully saturated rings. The number of anilines is 2. The first-order chi connectivity index (χ1) is 11.8. The highest BCUT2D eigenvalue weighted by Gasteiger charge is 2.19. The number of nitrogens with zero attached hydrogens (tertiary/aromatic N) is 2. The minimum absolute atomic E-state index is 0.00864. The summed E-state index contributed by atoms with van der Waals surface area (Å²) >= 11 is 11.7. The van der Waals surface area contributed by atoms with Gasteiger partial charge in [-0.05, 0) is 30.3 Å². The number of aromatic amines is 1. The summed E-state index contributed by atoms with van der Waals surface area (Å²) < 4.78 is 41.3. The van der Waals surface area contributed by atoms with E-state index >= 15 is 0 Å². The van der Waals surface area contributed by atoms with E-state index in [-0.39, 0.29) is 37.7 Å². The van der Waals surface area contributed by atoms with Crippen LogP contribution in [0.4, 0.5) is 15.8 Å². The summed E-state index contributed by atoms with van der Waals surface area (Å²) in [5.74, 6) is -0.421. The van der Waals surface area contributed by atoms with Crippen LogP contribution in [0.15, 0.2) is 41.6 Å². The Morgan fingerprint density at radius 1 is 1.16 bits per heavy atom. The number of benzene rings is 2. The van der Waals surface area contributed by atoms with Crippen LogP contribution in [0.2, 0.25) is 10.0 Å². The van der Waals surface area contributed by atoms with Gasteiger partial charge in [0.1, 0.15) is 12.1 Å². The van der Waals surface area contributed by atoms with Crippen LogP contribution in [0.5, 0.6) is 0 Å². The van der Waals surface area contributed by atoms with Crippen molar-refractivity contribution in [3.05, 3.63) is 52.5 Å². The van der Waals surface area contributed by atoms with Crippen LogP contribution in [-0.4, -0.2) is 23.6 Å². The van der Waals surface area contributed by atoms with Crippen molar-refractivity contribution in [2.45, 2.75) is 4.90 Å². The van der Waals surface area contributed by atoms with Gasteiger partial charge in [0, 0.05) is 5.69 Å². The Labute approximate surface area is 152 Å². The molecule has 25 heavy (non-hydrogen) atoms. The van der Waals surface area contributed by atoms with E-state index in [1.807, 2.05) is 0 Å². The average molecular weight is 402 g/mol. The maximum atomic E-state index is 13.9. The number of nitrogens with one attached hydrogen (secondary N) is 2. The summed E-state index contributed by atoms with van der Waals surface area (Å²) in [6, 6.07) is 6.01. The molecule has 0 unspecified atom stereocenters. The van der Waals surface area contributed by atoms with Gasteiger partial charge in [-0.2, -0.15) is 5.10 Å². The largest absolute Gasteiger partial charge is 0.396 e. The molecular weight excluding hydrogens is 392 g/mol. The van der Waals surface area contributed by atoms with E-state index in [9.17, 15) is 12.8 Å². The van der Waals surface area contributed by atoms with E-state index in [4.69, 9.17) is 28.9 Å². The minimum Gasteiger partial charge on any atom is -0.396 e.